The number of hydrogen-bond donors (Lipinski definition) is 0. The van der Waals surface area contributed by atoms with Gasteiger partial charge < -0.3 is 4.90 Å². The van der Waals surface area contributed by atoms with Crippen LogP contribution in [0.1, 0.15) is 5.56 Å². The minimum absolute atomic E-state index is 0.797. The molecule has 0 unspecified atom stereocenters. The van der Waals surface area contributed by atoms with E-state index < -0.39 is 0 Å². The molecule has 1 aliphatic rings. The van der Waals surface area contributed by atoms with Gasteiger partial charge in [-0.1, -0.05) is 48.0 Å². The van der Waals surface area contributed by atoms with Gasteiger partial charge in [0.2, 0.25) is 0 Å². The van der Waals surface area contributed by atoms with Crippen LogP contribution < -0.4 is 4.90 Å². The fourth-order valence-electron chi connectivity index (χ4n) is 3.32. The van der Waals surface area contributed by atoms with Crippen LogP contribution in [0.15, 0.2) is 60.8 Å². The van der Waals surface area contributed by atoms with Crippen molar-refractivity contribution in [3.8, 4) is 0 Å². The molecule has 0 N–H and O–H groups in total. The van der Waals surface area contributed by atoms with Crippen molar-refractivity contribution >= 4 is 28.2 Å². The molecule has 0 spiro atoms. The number of piperazine rings is 1. The van der Waals surface area contributed by atoms with Crippen LogP contribution in [0.2, 0.25) is 5.02 Å². The van der Waals surface area contributed by atoms with Gasteiger partial charge in [-0.15, -0.1) is 0 Å². The molecule has 0 aliphatic carbocycles. The lowest BCUT2D eigenvalue weighted by molar-refractivity contribution is 0.249. The quantitative estimate of drug-likeness (QED) is 0.713. The van der Waals surface area contributed by atoms with Crippen molar-refractivity contribution < 1.29 is 0 Å². The zero-order valence-electron chi connectivity index (χ0n) is 13.5. The molecule has 122 valence electrons. The van der Waals surface area contributed by atoms with Gasteiger partial charge in [0.25, 0.3) is 0 Å². The second-order valence-electron chi connectivity index (χ2n) is 6.25. The van der Waals surface area contributed by atoms with Gasteiger partial charge in [-0.25, -0.2) is 4.98 Å². The maximum absolute atomic E-state index is 5.96. The average molecular weight is 338 g/mol. The molecule has 0 radical (unpaired) electrons. The lowest BCUT2D eigenvalue weighted by Crippen LogP contribution is -2.46. The SMILES string of the molecule is Clc1ccc(CN2CCN(c3nccc4ccccc34)CC2)cc1. The smallest absolute Gasteiger partial charge is 0.136 e. The molecule has 24 heavy (non-hydrogen) atoms. The summed E-state index contributed by atoms with van der Waals surface area (Å²) in [5.41, 5.74) is 1.32. The zero-order chi connectivity index (χ0) is 16.4. The summed E-state index contributed by atoms with van der Waals surface area (Å²) in [7, 11) is 0. The van der Waals surface area contributed by atoms with Crippen LogP contribution >= 0.6 is 11.6 Å². The molecule has 3 aromatic rings. The number of anilines is 1. The number of pyridine rings is 1. The molecule has 3 nitrogen and oxygen atoms in total. The van der Waals surface area contributed by atoms with E-state index in [0.717, 1.165) is 43.6 Å². The average Bonchev–Trinajstić information content (AvgIpc) is 2.64. The molecule has 1 aliphatic heterocycles. The Morgan fingerprint density at radius 2 is 1.62 bits per heavy atom. The first kappa shape index (κ1) is 15.4. The minimum Gasteiger partial charge on any atom is -0.354 e. The van der Waals surface area contributed by atoms with Crippen molar-refractivity contribution in [3.05, 3.63) is 71.4 Å². The molecule has 1 saturated heterocycles. The highest BCUT2D eigenvalue weighted by Gasteiger charge is 2.19. The maximum Gasteiger partial charge on any atom is 0.136 e. The lowest BCUT2D eigenvalue weighted by atomic mass is 10.1. The largest absolute Gasteiger partial charge is 0.354 e. The van der Waals surface area contributed by atoms with Gasteiger partial charge >= 0.3 is 0 Å². The van der Waals surface area contributed by atoms with Crippen LogP contribution in [0.5, 0.6) is 0 Å². The molecule has 1 aromatic heterocycles. The number of nitrogens with zero attached hydrogens (tertiary/aromatic N) is 3. The fourth-order valence-corrected chi connectivity index (χ4v) is 3.45. The molecule has 0 amide bonds. The Bertz CT molecular complexity index is 818. The summed E-state index contributed by atoms with van der Waals surface area (Å²) in [5, 5.41) is 3.29. The first-order chi connectivity index (χ1) is 11.8. The molecule has 2 heterocycles. The summed E-state index contributed by atoms with van der Waals surface area (Å²) in [6.07, 6.45) is 1.91. The predicted octanol–water partition coefficient (Wildman–Crippen LogP) is 4.21. The highest BCUT2D eigenvalue weighted by atomic mass is 35.5. The number of hydrogen-bond acceptors (Lipinski definition) is 3. The van der Waals surface area contributed by atoms with Crippen molar-refractivity contribution in [1.29, 1.82) is 0 Å². The molecule has 0 atom stereocenters. The van der Waals surface area contributed by atoms with E-state index >= 15 is 0 Å². The Morgan fingerprint density at radius 3 is 2.42 bits per heavy atom. The Morgan fingerprint density at radius 1 is 0.875 bits per heavy atom. The Kier molecular flexibility index (Phi) is 4.37. The van der Waals surface area contributed by atoms with E-state index in [-0.39, 0.29) is 0 Å². The van der Waals surface area contributed by atoms with Crippen molar-refractivity contribution in [2.75, 3.05) is 31.1 Å². The van der Waals surface area contributed by atoms with E-state index in [1.54, 1.807) is 0 Å². The summed E-state index contributed by atoms with van der Waals surface area (Å²) >= 11 is 5.96. The van der Waals surface area contributed by atoms with E-state index in [0.29, 0.717) is 0 Å². The number of rotatable bonds is 3. The molecule has 4 heteroatoms. The molecule has 4 rings (SSSR count). The van der Waals surface area contributed by atoms with Crippen LogP contribution in [-0.2, 0) is 6.54 Å². The van der Waals surface area contributed by atoms with Gasteiger partial charge in [0.15, 0.2) is 0 Å². The van der Waals surface area contributed by atoms with E-state index in [9.17, 15) is 0 Å². The lowest BCUT2D eigenvalue weighted by Gasteiger charge is -2.35. The highest BCUT2D eigenvalue weighted by Crippen LogP contribution is 2.25. The first-order valence-corrected chi connectivity index (χ1v) is 8.73. The standard InChI is InChI=1S/C20H20ClN3/c21-18-7-5-16(6-8-18)15-23-11-13-24(14-12-23)20-19-4-2-1-3-17(19)9-10-22-20/h1-10H,11-15H2. The zero-order valence-corrected chi connectivity index (χ0v) is 14.3. The van der Waals surface area contributed by atoms with Crippen molar-refractivity contribution in [3.63, 3.8) is 0 Å². The van der Waals surface area contributed by atoms with Gasteiger partial charge in [0.1, 0.15) is 5.82 Å². The van der Waals surface area contributed by atoms with Crippen LogP contribution in [0, 0.1) is 0 Å². The summed E-state index contributed by atoms with van der Waals surface area (Å²) in [6, 6.07) is 18.7. The number of aromatic nitrogens is 1. The normalized spacial score (nSPS) is 15.8. The molecule has 2 aromatic carbocycles. The van der Waals surface area contributed by atoms with Gasteiger partial charge in [0, 0.05) is 49.3 Å². The van der Waals surface area contributed by atoms with E-state index in [4.69, 9.17) is 11.6 Å². The van der Waals surface area contributed by atoms with Crippen molar-refractivity contribution in [2.24, 2.45) is 0 Å². The van der Waals surface area contributed by atoms with Crippen molar-refractivity contribution in [2.45, 2.75) is 6.54 Å². The third kappa shape index (κ3) is 3.23. The molecular weight excluding hydrogens is 318 g/mol. The fraction of sp³-hybridized carbons (Fsp3) is 0.250. The Hall–Kier alpha value is -2.10. The predicted molar refractivity (Wildman–Crippen MR) is 101 cm³/mol. The third-order valence-electron chi connectivity index (χ3n) is 4.64. The first-order valence-electron chi connectivity index (χ1n) is 8.35. The highest BCUT2D eigenvalue weighted by molar-refractivity contribution is 6.30. The minimum atomic E-state index is 0.797. The third-order valence-corrected chi connectivity index (χ3v) is 4.90. The summed E-state index contributed by atoms with van der Waals surface area (Å²) in [4.78, 5) is 9.54. The summed E-state index contributed by atoms with van der Waals surface area (Å²) in [5.74, 6) is 1.11. The van der Waals surface area contributed by atoms with Crippen LogP contribution in [0.3, 0.4) is 0 Å². The monoisotopic (exact) mass is 337 g/mol. The van der Waals surface area contributed by atoms with E-state index in [1.165, 1.54) is 16.3 Å². The second-order valence-corrected chi connectivity index (χ2v) is 6.68. The second kappa shape index (κ2) is 6.80. The molecule has 0 bridgehead atoms. The summed E-state index contributed by atoms with van der Waals surface area (Å²) in [6.45, 7) is 5.10. The number of benzene rings is 2. The number of fused-ring (bicyclic) bond motifs is 1. The maximum atomic E-state index is 5.96. The van der Waals surface area contributed by atoms with E-state index in [1.807, 2.05) is 18.3 Å². The molecule has 1 fully saturated rings. The Balaban J connectivity index is 1.45. The van der Waals surface area contributed by atoms with E-state index in [2.05, 4.69) is 57.2 Å². The topological polar surface area (TPSA) is 19.4 Å². The number of halogens is 1. The van der Waals surface area contributed by atoms with Gasteiger partial charge in [-0.05, 0) is 29.1 Å². The Labute approximate surface area is 147 Å². The van der Waals surface area contributed by atoms with Crippen LogP contribution in [0.25, 0.3) is 10.8 Å². The molecular formula is C20H20ClN3. The molecule has 0 saturated carbocycles. The van der Waals surface area contributed by atoms with Crippen LogP contribution in [-0.4, -0.2) is 36.1 Å². The van der Waals surface area contributed by atoms with Gasteiger partial charge in [-0.2, -0.15) is 0 Å². The van der Waals surface area contributed by atoms with Crippen molar-refractivity contribution in [1.82, 2.24) is 9.88 Å². The van der Waals surface area contributed by atoms with Crippen LogP contribution in [0.4, 0.5) is 5.82 Å². The summed E-state index contributed by atoms with van der Waals surface area (Å²) < 4.78 is 0. The van der Waals surface area contributed by atoms with Gasteiger partial charge in [0.05, 0.1) is 0 Å². The van der Waals surface area contributed by atoms with Gasteiger partial charge in [-0.3, -0.25) is 4.90 Å².